The first-order chi connectivity index (χ1) is 3.31. The zero-order valence-corrected chi connectivity index (χ0v) is 6.27. The third-order valence-electron chi connectivity index (χ3n) is 0.417. The average molecular weight is 210 g/mol. The van der Waals surface area contributed by atoms with Gasteiger partial charge in [0.2, 0.25) is 0 Å². The lowest BCUT2D eigenvalue weighted by Crippen LogP contribution is -2.07. The van der Waals surface area contributed by atoms with Gasteiger partial charge in [-0.15, -0.1) is 0 Å². The Balaban J connectivity index is 3.36. The minimum atomic E-state index is 0.854. The number of hydrogen-bond acceptors (Lipinski definition) is 1. The van der Waals surface area contributed by atoms with Gasteiger partial charge in [-0.2, -0.15) is 0 Å². The highest BCUT2D eigenvalue weighted by Crippen LogP contribution is 1.81. The standard InChI is InChI=1S/C4H7IN2/c1-3-7-4(5)6-2/h3H,1H2,2H3,(H,6,7). The molecule has 0 fully saturated rings. The van der Waals surface area contributed by atoms with E-state index in [1.807, 2.05) is 0 Å². The van der Waals surface area contributed by atoms with Crippen LogP contribution in [0.3, 0.4) is 0 Å². The van der Waals surface area contributed by atoms with E-state index in [1.165, 1.54) is 0 Å². The molecule has 0 aliphatic rings. The van der Waals surface area contributed by atoms with Crippen molar-refractivity contribution in [2.24, 2.45) is 4.99 Å². The Kier molecular flexibility index (Phi) is 4.07. The van der Waals surface area contributed by atoms with E-state index in [1.54, 1.807) is 13.2 Å². The second kappa shape index (κ2) is 4.11. The van der Waals surface area contributed by atoms with Gasteiger partial charge in [0.15, 0.2) is 3.84 Å². The fourth-order valence-corrected chi connectivity index (χ4v) is 0.369. The van der Waals surface area contributed by atoms with Gasteiger partial charge in [-0.1, -0.05) is 6.58 Å². The van der Waals surface area contributed by atoms with Gasteiger partial charge >= 0.3 is 0 Å². The van der Waals surface area contributed by atoms with Crippen LogP contribution in [0.25, 0.3) is 0 Å². The molecule has 0 aromatic rings. The molecule has 0 atom stereocenters. The summed E-state index contributed by atoms with van der Waals surface area (Å²) in [5.74, 6) is 0. The quantitative estimate of drug-likeness (QED) is 0.298. The van der Waals surface area contributed by atoms with Crippen LogP contribution in [0.1, 0.15) is 0 Å². The molecular weight excluding hydrogens is 203 g/mol. The summed E-state index contributed by atoms with van der Waals surface area (Å²) in [6, 6.07) is 0. The van der Waals surface area contributed by atoms with E-state index in [9.17, 15) is 0 Å². The number of hydrogen-bond donors (Lipinski definition) is 1. The van der Waals surface area contributed by atoms with Crippen molar-refractivity contribution in [2.45, 2.75) is 0 Å². The molecule has 0 saturated heterocycles. The van der Waals surface area contributed by atoms with Crippen molar-refractivity contribution in [3.05, 3.63) is 12.8 Å². The maximum atomic E-state index is 3.80. The van der Waals surface area contributed by atoms with Crippen molar-refractivity contribution >= 4 is 26.4 Å². The molecule has 0 amide bonds. The molecule has 0 unspecified atom stereocenters. The molecule has 0 heterocycles. The molecule has 0 aromatic carbocycles. The molecule has 0 aliphatic heterocycles. The second-order valence-electron chi connectivity index (χ2n) is 0.863. The molecule has 0 radical (unpaired) electrons. The van der Waals surface area contributed by atoms with Gasteiger partial charge < -0.3 is 5.32 Å². The highest BCUT2D eigenvalue weighted by Gasteiger charge is 1.77. The Morgan fingerprint density at radius 1 is 2.00 bits per heavy atom. The van der Waals surface area contributed by atoms with Crippen LogP contribution in [0.2, 0.25) is 0 Å². The van der Waals surface area contributed by atoms with Crippen LogP contribution in [0.4, 0.5) is 0 Å². The Morgan fingerprint density at radius 2 is 2.57 bits per heavy atom. The van der Waals surface area contributed by atoms with Gasteiger partial charge in [0, 0.05) is 7.05 Å². The first-order valence-corrected chi connectivity index (χ1v) is 2.89. The van der Waals surface area contributed by atoms with Gasteiger partial charge in [0.25, 0.3) is 0 Å². The van der Waals surface area contributed by atoms with Crippen molar-refractivity contribution in [3.63, 3.8) is 0 Å². The summed E-state index contributed by atoms with van der Waals surface area (Å²) in [6.07, 6.45) is 1.59. The predicted molar refractivity (Wildman–Crippen MR) is 40.7 cm³/mol. The lowest BCUT2D eigenvalue weighted by molar-refractivity contribution is 1.28. The van der Waals surface area contributed by atoms with Crippen LogP contribution in [0, 0.1) is 0 Å². The molecule has 0 aliphatic carbocycles. The average Bonchev–Trinajstić information content (AvgIpc) is 1.68. The smallest absolute Gasteiger partial charge is 0.163 e. The third-order valence-corrected chi connectivity index (χ3v) is 1.21. The molecule has 0 bridgehead atoms. The van der Waals surface area contributed by atoms with E-state index in [0.717, 1.165) is 3.84 Å². The number of nitrogens with zero attached hydrogens (tertiary/aromatic N) is 1. The van der Waals surface area contributed by atoms with Crippen LogP contribution in [-0.4, -0.2) is 10.9 Å². The van der Waals surface area contributed by atoms with Crippen LogP contribution in [-0.2, 0) is 0 Å². The second-order valence-corrected chi connectivity index (χ2v) is 1.88. The normalized spacial score (nSPS) is 10.9. The Labute approximate surface area is 56.9 Å². The molecule has 2 nitrogen and oxygen atoms in total. The summed E-state index contributed by atoms with van der Waals surface area (Å²) in [5, 5.41) is 2.80. The summed E-state index contributed by atoms with van der Waals surface area (Å²) in [6.45, 7) is 3.45. The topological polar surface area (TPSA) is 24.4 Å². The van der Waals surface area contributed by atoms with Crippen molar-refractivity contribution < 1.29 is 0 Å². The van der Waals surface area contributed by atoms with Gasteiger partial charge in [0.05, 0.1) is 0 Å². The molecule has 40 valence electrons. The molecule has 3 heteroatoms. The van der Waals surface area contributed by atoms with Crippen molar-refractivity contribution in [2.75, 3.05) is 7.05 Å². The number of aliphatic imine (C=N–C) groups is 1. The molecule has 1 N–H and O–H groups in total. The third kappa shape index (κ3) is 3.78. The maximum Gasteiger partial charge on any atom is 0.163 e. The van der Waals surface area contributed by atoms with Gasteiger partial charge in [-0.25, -0.2) is 0 Å². The number of nitrogens with one attached hydrogen (secondary N) is 1. The zero-order chi connectivity index (χ0) is 5.70. The summed E-state index contributed by atoms with van der Waals surface area (Å²) >= 11 is 2.07. The minimum Gasteiger partial charge on any atom is -0.343 e. The Hall–Kier alpha value is -0.0600. The van der Waals surface area contributed by atoms with E-state index in [2.05, 4.69) is 39.5 Å². The van der Waals surface area contributed by atoms with E-state index in [0.29, 0.717) is 0 Å². The number of rotatable bonds is 1. The van der Waals surface area contributed by atoms with Crippen LogP contribution < -0.4 is 5.32 Å². The van der Waals surface area contributed by atoms with Crippen LogP contribution in [0.5, 0.6) is 0 Å². The van der Waals surface area contributed by atoms with E-state index >= 15 is 0 Å². The van der Waals surface area contributed by atoms with E-state index in [-0.39, 0.29) is 0 Å². The van der Waals surface area contributed by atoms with Crippen molar-refractivity contribution in [3.8, 4) is 0 Å². The zero-order valence-electron chi connectivity index (χ0n) is 4.11. The highest BCUT2D eigenvalue weighted by atomic mass is 127. The Bertz CT molecular complexity index is 87.7. The molecule has 7 heavy (non-hydrogen) atoms. The summed E-state index contributed by atoms with van der Waals surface area (Å²) in [5.41, 5.74) is 0. The van der Waals surface area contributed by atoms with Crippen LogP contribution >= 0.6 is 22.6 Å². The largest absolute Gasteiger partial charge is 0.343 e. The highest BCUT2D eigenvalue weighted by molar-refractivity contribution is 14.1. The fourth-order valence-electron chi connectivity index (χ4n) is 0.149. The van der Waals surface area contributed by atoms with Gasteiger partial charge in [-0.3, -0.25) is 4.99 Å². The van der Waals surface area contributed by atoms with Crippen LogP contribution in [0.15, 0.2) is 17.8 Å². The maximum absolute atomic E-state index is 3.80. The monoisotopic (exact) mass is 210 g/mol. The lowest BCUT2D eigenvalue weighted by Gasteiger charge is -1.89. The van der Waals surface area contributed by atoms with Gasteiger partial charge in [0.1, 0.15) is 0 Å². The lowest BCUT2D eigenvalue weighted by atomic mass is 11.0. The van der Waals surface area contributed by atoms with E-state index < -0.39 is 0 Å². The van der Waals surface area contributed by atoms with E-state index in [4.69, 9.17) is 0 Å². The minimum absolute atomic E-state index is 0.854. The fraction of sp³-hybridized carbons (Fsp3) is 0.250. The summed E-state index contributed by atoms with van der Waals surface area (Å²) in [4.78, 5) is 3.80. The molecule has 0 aromatic heterocycles. The molecule has 0 rings (SSSR count). The first-order valence-electron chi connectivity index (χ1n) is 1.81. The molecule has 0 spiro atoms. The molecular formula is C4H7IN2. The SMILES string of the molecule is C=CNC(I)=NC. The summed E-state index contributed by atoms with van der Waals surface area (Å²) < 4.78 is 0.854. The first kappa shape index (κ1) is 6.94. The van der Waals surface area contributed by atoms with Gasteiger partial charge in [-0.05, 0) is 28.8 Å². The molecule has 0 saturated carbocycles. The Morgan fingerprint density at radius 3 is 2.71 bits per heavy atom. The number of halogens is 1. The summed E-state index contributed by atoms with van der Waals surface area (Å²) in [7, 11) is 1.72. The number of amidine groups is 1. The predicted octanol–water partition coefficient (Wildman–Crippen LogP) is 1.14. The van der Waals surface area contributed by atoms with Crippen molar-refractivity contribution in [1.82, 2.24) is 5.32 Å². The van der Waals surface area contributed by atoms with Crippen molar-refractivity contribution in [1.29, 1.82) is 0 Å².